The van der Waals surface area contributed by atoms with E-state index in [1.165, 1.54) is 12.4 Å². The van der Waals surface area contributed by atoms with E-state index in [1.54, 1.807) is 17.0 Å². The van der Waals surface area contributed by atoms with Crippen LogP contribution in [0.5, 0.6) is 0 Å². The third-order valence-corrected chi connectivity index (χ3v) is 7.18. The second-order valence-corrected chi connectivity index (χ2v) is 11.9. The van der Waals surface area contributed by atoms with Crippen LogP contribution in [0.25, 0.3) is 10.9 Å². The first-order valence-corrected chi connectivity index (χ1v) is 13.4. The standard InChI is InChI=1S/C28H37F3N4O3/c1-18-11-20(13-21(36)12-19-7-6-10-34(16-19)26(37)38-27(2,3)4)17-35(15-18)23-14-33-25(28(29,30)31)24-22(23)8-5-9-32-24/h5,8-9,14,18-20H,6-7,10-13,15-17H2,1-4H3/t18-,19-,20-/m0/s1. The van der Waals surface area contributed by atoms with Crippen LogP contribution in [0, 0.1) is 17.8 Å². The van der Waals surface area contributed by atoms with E-state index in [2.05, 4.69) is 16.9 Å². The molecule has 0 saturated carbocycles. The summed E-state index contributed by atoms with van der Waals surface area (Å²) in [5, 5.41) is 0.415. The number of ketones is 1. The van der Waals surface area contributed by atoms with Crippen LogP contribution in [0.2, 0.25) is 0 Å². The monoisotopic (exact) mass is 534 g/mol. The van der Waals surface area contributed by atoms with Crippen LogP contribution in [0.3, 0.4) is 0 Å². The molecular weight excluding hydrogens is 497 g/mol. The van der Waals surface area contributed by atoms with Crippen molar-refractivity contribution >= 4 is 28.5 Å². The molecule has 1 amide bonds. The highest BCUT2D eigenvalue weighted by Gasteiger charge is 2.37. The predicted molar refractivity (Wildman–Crippen MR) is 139 cm³/mol. The van der Waals surface area contributed by atoms with Crippen molar-refractivity contribution in [3.8, 4) is 0 Å². The topological polar surface area (TPSA) is 75.6 Å². The van der Waals surface area contributed by atoms with Gasteiger partial charge in [-0.25, -0.2) is 9.78 Å². The summed E-state index contributed by atoms with van der Waals surface area (Å²) >= 11 is 0. The van der Waals surface area contributed by atoms with E-state index in [1.807, 2.05) is 25.7 Å². The van der Waals surface area contributed by atoms with Crippen molar-refractivity contribution in [2.45, 2.75) is 71.6 Å². The number of anilines is 1. The Balaban J connectivity index is 1.41. The molecule has 3 atom stereocenters. The van der Waals surface area contributed by atoms with E-state index in [0.29, 0.717) is 50.1 Å². The molecule has 38 heavy (non-hydrogen) atoms. The number of Topliss-reactive ketones (excluding diaryl/α,β-unsaturated/α-hetero) is 1. The fraction of sp³-hybridized carbons (Fsp3) is 0.643. The van der Waals surface area contributed by atoms with Gasteiger partial charge in [0.2, 0.25) is 0 Å². The Kier molecular flexibility index (Phi) is 8.18. The minimum Gasteiger partial charge on any atom is -0.444 e. The van der Waals surface area contributed by atoms with Gasteiger partial charge in [0.1, 0.15) is 16.9 Å². The molecule has 2 aliphatic rings. The molecule has 0 spiro atoms. The Bertz CT molecular complexity index is 1160. The number of amides is 1. The summed E-state index contributed by atoms with van der Waals surface area (Å²) in [6.07, 6.45) is 1.15. The van der Waals surface area contributed by atoms with E-state index in [9.17, 15) is 22.8 Å². The summed E-state index contributed by atoms with van der Waals surface area (Å²) < 4.78 is 46.0. The van der Waals surface area contributed by atoms with Crippen LogP contribution < -0.4 is 4.90 Å². The minimum atomic E-state index is -4.59. The Morgan fingerprint density at radius 3 is 2.53 bits per heavy atom. The maximum atomic E-state index is 13.5. The molecular formula is C28H37F3N4O3. The van der Waals surface area contributed by atoms with E-state index in [-0.39, 0.29) is 35.1 Å². The third kappa shape index (κ3) is 6.94. The van der Waals surface area contributed by atoms with Gasteiger partial charge in [-0.05, 0) is 69.9 Å². The second kappa shape index (κ2) is 11.1. The molecule has 0 aromatic carbocycles. The zero-order valence-corrected chi connectivity index (χ0v) is 22.6. The zero-order valence-electron chi connectivity index (χ0n) is 22.6. The number of pyridine rings is 2. The summed E-state index contributed by atoms with van der Waals surface area (Å²) in [7, 11) is 0. The molecule has 0 N–H and O–H groups in total. The summed E-state index contributed by atoms with van der Waals surface area (Å²) in [6, 6.07) is 3.28. The molecule has 7 nitrogen and oxygen atoms in total. The molecule has 0 unspecified atom stereocenters. The van der Waals surface area contributed by atoms with Crippen molar-refractivity contribution in [1.82, 2.24) is 14.9 Å². The number of likely N-dealkylation sites (tertiary alicyclic amines) is 1. The minimum absolute atomic E-state index is 0.0887. The summed E-state index contributed by atoms with van der Waals surface area (Å²) in [5.41, 5.74) is -1.09. The average molecular weight is 535 g/mol. The highest BCUT2D eigenvalue weighted by Crippen LogP contribution is 2.38. The molecule has 4 heterocycles. The van der Waals surface area contributed by atoms with E-state index < -0.39 is 17.5 Å². The Morgan fingerprint density at radius 1 is 1.08 bits per heavy atom. The third-order valence-electron chi connectivity index (χ3n) is 7.18. The first-order chi connectivity index (χ1) is 17.8. The van der Waals surface area contributed by atoms with Gasteiger partial charge in [0.15, 0.2) is 5.69 Å². The Labute approximate surface area is 221 Å². The SMILES string of the molecule is C[C@H]1C[C@@H](CC(=O)C[C@@H]2CCCN(C(=O)OC(C)(C)C)C2)CN(c2cnc(C(F)(F)F)c3ncccc23)C1. The van der Waals surface area contributed by atoms with Crippen molar-refractivity contribution in [2.24, 2.45) is 17.8 Å². The molecule has 0 bridgehead atoms. The lowest BCUT2D eigenvalue weighted by Gasteiger charge is -2.38. The van der Waals surface area contributed by atoms with Gasteiger partial charge in [0.05, 0.1) is 11.9 Å². The fourth-order valence-corrected chi connectivity index (χ4v) is 5.79. The van der Waals surface area contributed by atoms with Gasteiger partial charge in [0.25, 0.3) is 0 Å². The van der Waals surface area contributed by atoms with Gasteiger partial charge >= 0.3 is 12.3 Å². The molecule has 0 aliphatic carbocycles. The summed E-state index contributed by atoms with van der Waals surface area (Å²) in [5.74, 6) is 0.630. The predicted octanol–water partition coefficient (Wildman–Crippen LogP) is 6.11. The van der Waals surface area contributed by atoms with Gasteiger partial charge < -0.3 is 14.5 Å². The number of hydrogen-bond acceptors (Lipinski definition) is 6. The lowest BCUT2D eigenvalue weighted by molar-refractivity contribution is -0.139. The number of aromatic nitrogens is 2. The maximum absolute atomic E-state index is 13.5. The van der Waals surface area contributed by atoms with E-state index in [4.69, 9.17) is 4.74 Å². The number of nitrogens with zero attached hydrogens (tertiary/aromatic N) is 4. The van der Waals surface area contributed by atoms with Gasteiger partial charge in [-0.3, -0.25) is 9.78 Å². The number of fused-ring (bicyclic) bond motifs is 1. The lowest BCUT2D eigenvalue weighted by Crippen LogP contribution is -2.43. The molecule has 2 aromatic rings. The number of alkyl halides is 3. The Morgan fingerprint density at radius 2 is 1.82 bits per heavy atom. The van der Waals surface area contributed by atoms with Crippen molar-refractivity contribution in [3.63, 3.8) is 0 Å². The number of halogens is 3. The molecule has 4 rings (SSSR count). The molecule has 2 saturated heterocycles. The molecule has 0 radical (unpaired) electrons. The van der Waals surface area contributed by atoms with E-state index in [0.717, 1.165) is 19.3 Å². The summed E-state index contributed by atoms with van der Waals surface area (Å²) in [6.45, 7) is 10.0. The number of carbonyl (C=O) groups is 2. The normalized spacial score (nSPS) is 23.0. The van der Waals surface area contributed by atoms with E-state index >= 15 is 0 Å². The van der Waals surface area contributed by atoms with Crippen LogP contribution in [0.15, 0.2) is 24.5 Å². The number of piperidine rings is 2. The number of rotatable bonds is 5. The highest BCUT2D eigenvalue weighted by molar-refractivity contribution is 5.93. The lowest BCUT2D eigenvalue weighted by atomic mass is 9.84. The second-order valence-electron chi connectivity index (χ2n) is 11.9. The molecule has 10 heteroatoms. The molecule has 2 aliphatic heterocycles. The van der Waals surface area contributed by atoms with Crippen LogP contribution in [0.1, 0.15) is 65.5 Å². The fourth-order valence-electron chi connectivity index (χ4n) is 5.79. The quantitative estimate of drug-likeness (QED) is 0.461. The van der Waals surface area contributed by atoms with Crippen LogP contribution in [-0.2, 0) is 15.7 Å². The maximum Gasteiger partial charge on any atom is 0.435 e. The smallest absolute Gasteiger partial charge is 0.435 e. The average Bonchev–Trinajstić information content (AvgIpc) is 2.81. The van der Waals surface area contributed by atoms with Gasteiger partial charge in [-0.1, -0.05) is 6.92 Å². The largest absolute Gasteiger partial charge is 0.444 e. The van der Waals surface area contributed by atoms with Gasteiger partial charge in [-0.2, -0.15) is 13.2 Å². The van der Waals surface area contributed by atoms with Gasteiger partial charge in [-0.15, -0.1) is 0 Å². The zero-order chi connectivity index (χ0) is 27.7. The van der Waals surface area contributed by atoms with Gasteiger partial charge in [0, 0.05) is 50.6 Å². The van der Waals surface area contributed by atoms with Crippen LogP contribution >= 0.6 is 0 Å². The number of hydrogen-bond donors (Lipinski definition) is 0. The number of ether oxygens (including phenoxy) is 1. The number of carbonyl (C=O) groups excluding carboxylic acids is 2. The Hall–Kier alpha value is -2.91. The molecule has 2 aromatic heterocycles. The van der Waals surface area contributed by atoms with Crippen molar-refractivity contribution in [1.29, 1.82) is 0 Å². The molecule has 208 valence electrons. The first-order valence-electron chi connectivity index (χ1n) is 13.4. The van der Waals surface area contributed by atoms with Crippen LogP contribution in [-0.4, -0.2) is 58.5 Å². The molecule has 2 fully saturated rings. The van der Waals surface area contributed by atoms with Crippen LogP contribution in [0.4, 0.5) is 23.7 Å². The van der Waals surface area contributed by atoms with Crippen molar-refractivity contribution in [3.05, 3.63) is 30.2 Å². The highest BCUT2D eigenvalue weighted by atomic mass is 19.4. The van der Waals surface area contributed by atoms with Crippen molar-refractivity contribution in [2.75, 3.05) is 31.1 Å². The van der Waals surface area contributed by atoms with Crippen molar-refractivity contribution < 1.29 is 27.5 Å². The first kappa shape index (κ1) is 28.1. The summed E-state index contributed by atoms with van der Waals surface area (Å²) in [4.78, 5) is 37.1.